The first-order chi connectivity index (χ1) is 9.58. The van der Waals surface area contributed by atoms with Crippen molar-refractivity contribution in [3.63, 3.8) is 0 Å². The summed E-state index contributed by atoms with van der Waals surface area (Å²) in [7, 11) is 0. The van der Waals surface area contributed by atoms with Crippen LogP contribution in [0, 0.1) is 12.3 Å². The Kier molecular flexibility index (Phi) is 2.97. The van der Waals surface area contributed by atoms with E-state index in [9.17, 15) is 0 Å². The zero-order chi connectivity index (χ0) is 14.3. The first kappa shape index (κ1) is 12.7. The number of benzene rings is 2. The molecule has 0 spiro atoms. The number of hydrogen-bond donors (Lipinski definition) is 2. The predicted octanol–water partition coefficient (Wildman–Crippen LogP) is 3.36. The van der Waals surface area contributed by atoms with Crippen LogP contribution in [-0.2, 0) is 6.42 Å². The van der Waals surface area contributed by atoms with E-state index in [1.165, 1.54) is 11.3 Å². The molecule has 0 aromatic heterocycles. The number of hydrogen-bond acceptors (Lipinski definition) is 2. The molecule has 1 aliphatic rings. The van der Waals surface area contributed by atoms with Gasteiger partial charge in [-0.15, -0.1) is 0 Å². The Labute approximate surface area is 119 Å². The second-order valence-electron chi connectivity index (χ2n) is 5.49. The number of aryl methyl sites for hydroxylation is 1. The minimum atomic E-state index is 0.125. The summed E-state index contributed by atoms with van der Waals surface area (Å²) in [6.45, 7) is 4.24. The number of rotatable bonds is 2. The lowest BCUT2D eigenvalue weighted by Gasteiger charge is -2.27. The van der Waals surface area contributed by atoms with Crippen LogP contribution >= 0.6 is 0 Å². The van der Waals surface area contributed by atoms with E-state index in [1.807, 2.05) is 13.0 Å². The van der Waals surface area contributed by atoms with Gasteiger partial charge in [0.05, 0.1) is 5.69 Å². The number of anilines is 2. The van der Waals surface area contributed by atoms with Crippen molar-refractivity contribution in [1.29, 1.82) is 5.41 Å². The van der Waals surface area contributed by atoms with Crippen LogP contribution in [0.4, 0.5) is 11.4 Å². The van der Waals surface area contributed by atoms with Gasteiger partial charge in [-0.1, -0.05) is 29.8 Å². The number of nitrogens with zero attached hydrogens (tertiary/aromatic N) is 1. The number of nitrogen functional groups attached to an aromatic ring is 1. The van der Waals surface area contributed by atoms with Gasteiger partial charge in [-0.3, -0.25) is 5.41 Å². The molecule has 102 valence electrons. The molecule has 0 amide bonds. The first-order valence-corrected chi connectivity index (χ1v) is 6.90. The highest BCUT2D eigenvalue weighted by atomic mass is 15.2. The van der Waals surface area contributed by atoms with Gasteiger partial charge in [0.25, 0.3) is 0 Å². The van der Waals surface area contributed by atoms with Gasteiger partial charge in [-0.25, -0.2) is 0 Å². The highest BCUT2D eigenvalue weighted by molar-refractivity contribution is 6.01. The van der Waals surface area contributed by atoms with Crippen LogP contribution < -0.4 is 10.6 Å². The van der Waals surface area contributed by atoms with E-state index in [0.717, 1.165) is 23.2 Å². The van der Waals surface area contributed by atoms with Gasteiger partial charge in [0.15, 0.2) is 0 Å². The molecule has 20 heavy (non-hydrogen) atoms. The molecule has 0 radical (unpaired) electrons. The fourth-order valence-corrected chi connectivity index (χ4v) is 3.01. The monoisotopic (exact) mass is 265 g/mol. The Morgan fingerprint density at radius 2 is 1.95 bits per heavy atom. The summed E-state index contributed by atoms with van der Waals surface area (Å²) < 4.78 is 0. The maximum atomic E-state index is 7.84. The van der Waals surface area contributed by atoms with Crippen molar-refractivity contribution in [3.8, 4) is 0 Å². The molecule has 1 unspecified atom stereocenters. The standard InChI is InChI=1S/C17H19N3/c1-11-7-8-16(14(9-11)17(18)19)20-12(2)10-13-5-3-4-6-15(13)20/h3-9,12H,10H2,1-2H3,(H3,18,19). The lowest BCUT2D eigenvalue weighted by atomic mass is 10.1. The van der Waals surface area contributed by atoms with Crippen LogP contribution in [0.25, 0.3) is 0 Å². The second kappa shape index (κ2) is 4.67. The van der Waals surface area contributed by atoms with Crippen LogP contribution in [0.2, 0.25) is 0 Å². The molecule has 0 bridgehead atoms. The van der Waals surface area contributed by atoms with Gasteiger partial charge in [-0.2, -0.15) is 0 Å². The third-order valence-electron chi connectivity index (χ3n) is 3.91. The molecular weight excluding hydrogens is 246 g/mol. The molecule has 3 rings (SSSR count). The van der Waals surface area contributed by atoms with Crippen LogP contribution in [0.5, 0.6) is 0 Å². The third kappa shape index (κ3) is 1.95. The van der Waals surface area contributed by atoms with E-state index in [2.05, 4.69) is 48.2 Å². The summed E-state index contributed by atoms with van der Waals surface area (Å²) in [5, 5.41) is 7.84. The number of nitrogens with one attached hydrogen (secondary N) is 1. The zero-order valence-electron chi connectivity index (χ0n) is 11.9. The molecule has 3 nitrogen and oxygen atoms in total. The van der Waals surface area contributed by atoms with Crippen molar-refractivity contribution in [2.24, 2.45) is 5.73 Å². The van der Waals surface area contributed by atoms with Gasteiger partial charge in [0.2, 0.25) is 0 Å². The molecule has 1 heterocycles. The Morgan fingerprint density at radius 1 is 1.20 bits per heavy atom. The van der Waals surface area contributed by atoms with Crippen molar-refractivity contribution in [2.75, 3.05) is 4.90 Å². The van der Waals surface area contributed by atoms with Crippen molar-refractivity contribution in [2.45, 2.75) is 26.3 Å². The Hall–Kier alpha value is -2.29. The van der Waals surface area contributed by atoms with Crippen molar-refractivity contribution >= 4 is 17.2 Å². The molecule has 1 aliphatic heterocycles. The van der Waals surface area contributed by atoms with Gasteiger partial charge in [-0.05, 0) is 44.0 Å². The lowest BCUT2D eigenvalue weighted by Crippen LogP contribution is -2.27. The number of nitrogens with two attached hydrogens (primary N) is 1. The average molecular weight is 265 g/mol. The largest absolute Gasteiger partial charge is 0.384 e. The zero-order valence-corrected chi connectivity index (χ0v) is 11.9. The Morgan fingerprint density at radius 3 is 2.70 bits per heavy atom. The minimum absolute atomic E-state index is 0.125. The molecule has 3 N–H and O–H groups in total. The highest BCUT2D eigenvalue weighted by Gasteiger charge is 2.28. The number of fused-ring (bicyclic) bond motifs is 1. The smallest absolute Gasteiger partial charge is 0.124 e. The van der Waals surface area contributed by atoms with Crippen LogP contribution in [0.1, 0.15) is 23.6 Å². The highest BCUT2D eigenvalue weighted by Crippen LogP contribution is 2.39. The third-order valence-corrected chi connectivity index (χ3v) is 3.91. The van der Waals surface area contributed by atoms with Crippen LogP contribution in [0.15, 0.2) is 42.5 Å². The van der Waals surface area contributed by atoms with Gasteiger partial charge in [0.1, 0.15) is 5.84 Å². The molecular formula is C17H19N3. The SMILES string of the molecule is Cc1ccc(N2c3ccccc3CC2C)c(C(=N)N)c1. The lowest BCUT2D eigenvalue weighted by molar-refractivity contribution is 0.758. The fourth-order valence-electron chi connectivity index (χ4n) is 3.01. The number of para-hydroxylation sites is 1. The van der Waals surface area contributed by atoms with E-state index < -0.39 is 0 Å². The van der Waals surface area contributed by atoms with Crippen molar-refractivity contribution in [1.82, 2.24) is 0 Å². The van der Waals surface area contributed by atoms with Gasteiger partial charge >= 0.3 is 0 Å². The van der Waals surface area contributed by atoms with E-state index in [-0.39, 0.29) is 5.84 Å². The maximum Gasteiger partial charge on any atom is 0.124 e. The Balaban J connectivity index is 2.17. The summed E-state index contributed by atoms with van der Waals surface area (Å²) in [5.74, 6) is 0.125. The van der Waals surface area contributed by atoms with Gasteiger partial charge < -0.3 is 10.6 Å². The topological polar surface area (TPSA) is 53.1 Å². The summed E-state index contributed by atoms with van der Waals surface area (Å²) in [6.07, 6.45) is 1.03. The normalized spacial score (nSPS) is 17.1. The second-order valence-corrected chi connectivity index (χ2v) is 5.49. The quantitative estimate of drug-likeness (QED) is 0.646. The Bertz CT molecular complexity index is 676. The minimum Gasteiger partial charge on any atom is -0.384 e. The molecule has 0 saturated carbocycles. The molecule has 0 fully saturated rings. The summed E-state index contributed by atoms with van der Waals surface area (Å²) in [5.41, 5.74) is 11.3. The van der Waals surface area contributed by atoms with Crippen LogP contribution in [-0.4, -0.2) is 11.9 Å². The van der Waals surface area contributed by atoms with Crippen molar-refractivity contribution in [3.05, 3.63) is 59.2 Å². The molecule has 1 atom stereocenters. The maximum absolute atomic E-state index is 7.84. The molecule has 0 saturated heterocycles. The average Bonchev–Trinajstić information content (AvgIpc) is 2.74. The molecule has 0 aliphatic carbocycles. The van der Waals surface area contributed by atoms with E-state index >= 15 is 0 Å². The fraction of sp³-hybridized carbons (Fsp3) is 0.235. The summed E-state index contributed by atoms with van der Waals surface area (Å²) in [6, 6.07) is 15.0. The molecule has 2 aromatic carbocycles. The van der Waals surface area contributed by atoms with Crippen LogP contribution in [0.3, 0.4) is 0 Å². The predicted molar refractivity (Wildman–Crippen MR) is 83.9 cm³/mol. The van der Waals surface area contributed by atoms with E-state index in [1.54, 1.807) is 0 Å². The summed E-state index contributed by atoms with van der Waals surface area (Å²) in [4.78, 5) is 2.30. The summed E-state index contributed by atoms with van der Waals surface area (Å²) >= 11 is 0. The van der Waals surface area contributed by atoms with Crippen molar-refractivity contribution < 1.29 is 0 Å². The molecule has 2 aromatic rings. The van der Waals surface area contributed by atoms with E-state index in [4.69, 9.17) is 11.1 Å². The first-order valence-electron chi connectivity index (χ1n) is 6.90. The van der Waals surface area contributed by atoms with E-state index in [0.29, 0.717) is 6.04 Å². The molecule has 3 heteroatoms. The number of amidine groups is 1. The van der Waals surface area contributed by atoms with Gasteiger partial charge in [0, 0.05) is 17.3 Å².